The van der Waals surface area contributed by atoms with Crippen molar-refractivity contribution in [2.45, 2.75) is 52.0 Å². The van der Waals surface area contributed by atoms with Crippen LogP contribution in [-0.4, -0.2) is 37.5 Å². The molecule has 186 valence electrons. The molecule has 1 aliphatic heterocycles. The van der Waals surface area contributed by atoms with Gasteiger partial charge in [-0.15, -0.1) is 0 Å². The Morgan fingerprint density at radius 1 is 1.08 bits per heavy atom. The highest BCUT2D eigenvalue weighted by atomic mass is 16.6. The zero-order valence-corrected chi connectivity index (χ0v) is 20.2. The molecule has 2 aromatic heterocycles. The summed E-state index contributed by atoms with van der Waals surface area (Å²) in [5.74, 6) is -0.469. The lowest BCUT2D eigenvalue weighted by Gasteiger charge is -2.23. The SMILES string of the molecule is CC[C@H]1O[C@@H](n2cnc3c(=O)n(COCc4ccccc4)ncc32)[C@H](OC(=O)c2ccccc2)[C@@H]1C. The van der Waals surface area contributed by atoms with E-state index in [-0.39, 0.29) is 29.8 Å². The van der Waals surface area contributed by atoms with Crippen LogP contribution in [-0.2, 0) is 27.5 Å². The first-order valence-electron chi connectivity index (χ1n) is 12.0. The van der Waals surface area contributed by atoms with Crippen molar-refractivity contribution in [3.05, 3.63) is 94.7 Å². The largest absolute Gasteiger partial charge is 0.454 e. The van der Waals surface area contributed by atoms with Gasteiger partial charge in [0.1, 0.15) is 6.73 Å². The lowest BCUT2D eigenvalue weighted by molar-refractivity contribution is -0.0467. The monoisotopic (exact) mass is 488 g/mol. The van der Waals surface area contributed by atoms with Crippen molar-refractivity contribution in [1.29, 1.82) is 0 Å². The zero-order valence-electron chi connectivity index (χ0n) is 20.2. The van der Waals surface area contributed by atoms with E-state index in [0.717, 1.165) is 12.0 Å². The van der Waals surface area contributed by atoms with Crippen LogP contribution in [0, 0.1) is 5.92 Å². The molecule has 9 heteroatoms. The Balaban J connectivity index is 1.38. The highest BCUT2D eigenvalue weighted by Crippen LogP contribution is 2.38. The molecule has 0 spiro atoms. The van der Waals surface area contributed by atoms with Crippen LogP contribution in [0.5, 0.6) is 0 Å². The highest BCUT2D eigenvalue weighted by molar-refractivity contribution is 5.89. The Bertz CT molecular complexity index is 1390. The summed E-state index contributed by atoms with van der Waals surface area (Å²) in [6.45, 7) is 4.40. The second kappa shape index (κ2) is 10.4. The van der Waals surface area contributed by atoms with E-state index in [0.29, 0.717) is 17.7 Å². The molecule has 3 heterocycles. The molecule has 9 nitrogen and oxygen atoms in total. The molecule has 1 saturated heterocycles. The van der Waals surface area contributed by atoms with Crippen LogP contribution in [0.1, 0.15) is 42.4 Å². The van der Waals surface area contributed by atoms with Gasteiger partial charge >= 0.3 is 5.97 Å². The molecule has 2 aromatic carbocycles. The Kier molecular flexibility index (Phi) is 6.92. The number of ether oxygens (including phenoxy) is 3. The molecular weight excluding hydrogens is 460 g/mol. The summed E-state index contributed by atoms with van der Waals surface area (Å²) in [4.78, 5) is 30.2. The van der Waals surface area contributed by atoms with E-state index in [1.54, 1.807) is 41.4 Å². The van der Waals surface area contributed by atoms with Crippen molar-refractivity contribution in [1.82, 2.24) is 19.3 Å². The normalized spacial score (nSPS) is 21.6. The van der Waals surface area contributed by atoms with Gasteiger partial charge in [-0.3, -0.25) is 9.36 Å². The van der Waals surface area contributed by atoms with Crippen molar-refractivity contribution in [3.8, 4) is 0 Å². The predicted octanol–water partition coefficient (Wildman–Crippen LogP) is 3.94. The molecule has 0 aliphatic carbocycles. The average Bonchev–Trinajstić information content (AvgIpc) is 3.48. The summed E-state index contributed by atoms with van der Waals surface area (Å²) in [5, 5.41) is 4.29. The van der Waals surface area contributed by atoms with E-state index < -0.39 is 18.3 Å². The smallest absolute Gasteiger partial charge is 0.338 e. The third-order valence-corrected chi connectivity index (χ3v) is 6.54. The van der Waals surface area contributed by atoms with Crippen molar-refractivity contribution in [3.63, 3.8) is 0 Å². The minimum atomic E-state index is -0.631. The molecule has 4 aromatic rings. The van der Waals surface area contributed by atoms with Gasteiger partial charge in [0.25, 0.3) is 5.56 Å². The predicted molar refractivity (Wildman–Crippen MR) is 132 cm³/mol. The maximum Gasteiger partial charge on any atom is 0.338 e. The molecular formula is C27H28N4O5. The minimum absolute atomic E-state index is 0.00269. The number of hydrogen-bond donors (Lipinski definition) is 0. The Hall–Kier alpha value is -3.82. The van der Waals surface area contributed by atoms with E-state index in [1.165, 1.54) is 4.68 Å². The van der Waals surface area contributed by atoms with Crippen LogP contribution < -0.4 is 5.56 Å². The Morgan fingerprint density at radius 2 is 1.81 bits per heavy atom. The van der Waals surface area contributed by atoms with Crippen LogP contribution in [0.4, 0.5) is 0 Å². The molecule has 1 fully saturated rings. The molecule has 36 heavy (non-hydrogen) atoms. The second-order valence-corrected chi connectivity index (χ2v) is 8.87. The average molecular weight is 489 g/mol. The highest BCUT2D eigenvalue weighted by Gasteiger charge is 2.45. The van der Waals surface area contributed by atoms with Gasteiger partial charge in [0.05, 0.1) is 36.3 Å². The fourth-order valence-electron chi connectivity index (χ4n) is 4.56. The van der Waals surface area contributed by atoms with Gasteiger partial charge < -0.3 is 14.2 Å². The summed E-state index contributed by atoms with van der Waals surface area (Å²) in [6.07, 6.45) is 2.57. The fourth-order valence-corrected chi connectivity index (χ4v) is 4.56. The van der Waals surface area contributed by atoms with Gasteiger partial charge in [-0.1, -0.05) is 62.4 Å². The number of carbonyl (C=O) groups is 1. The number of fused-ring (bicyclic) bond motifs is 1. The quantitative estimate of drug-likeness (QED) is 0.347. The maximum absolute atomic E-state index is 13.0. The molecule has 0 amide bonds. The molecule has 0 saturated carbocycles. The summed E-state index contributed by atoms with van der Waals surface area (Å²) in [6, 6.07) is 18.6. The van der Waals surface area contributed by atoms with E-state index >= 15 is 0 Å². The van der Waals surface area contributed by atoms with E-state index in [1.807, 2.05) is 50.2 Å². The number of esters is 1. The molecule has 0 bridgehead atoms. The number of rotatable bonds is 8. The number of aromatic nitrogens is 4. The van der Waals surface area contributed by atoms with Crippen LogP contribution in [0.15, 0.2) is 78.0 Å². The van der Waals surface area contributed by atoms with Crippen molar-refractivity contribution < 1.29 is 19.0 Å². The minimum Gasteiger partial charge on any atom is -0.454 e. The maximum atomic E-state index is 13.0. The number of imidazole rings is 1. The standard InChI is InChI=1S/C27H28N4O5/c1-3-22-18(2)24(36-27(33)20-12-8-5-9-13-20)26(35-22)30-16-28-23-21(30)14-29-31(25(23)32)17-34-15-19-10-6-4-7-11-19/h4-14,16,18,22,24,26H,3,15,17H2,1-2H3/t18-,22-,24-,26-/m1/s1. The molecule has 0 radical (unpaired) electrons. The molecule has 5 rings (SSSR count). The van der Waals surface area contributed by atoms with Crippen molar-refractivity contribution in [2.24, 2.45) is 5.92 Å². The lowest BCUT2D eigenvalue weighted by Crippen LogP contribution is -2.30. The first kappa shape index (κ1) is 23.9. The number of carbonyl (C=O) groups excluding carboxylic acids is 1. The second-order valence-electron chi connectivity index (χ2n) is 8.87. The Labute approximate surface area is 208 Å². The van der Waals surface area contributed by atoms with Crippen LogP contribution in [0.2, 0.25) is 0 Å². The topological polar surface area (TPSA) is 97.5 Å². The van der Waals surface area contributed by atoms with Gasteiger partial charge in [-0.25, -0.2) is 14.5 Å². The number of nitrogens with zero attached hydrogens (tertiary/aromatic N) is 4. The van der Waals surface area contributed by atoms with E-state index in [2.05, 4.69) is 10.1 Å². The lowest BCUT2D eigenvalue weighted by atomic mass is 9.98. The zero-order chi connectivity index (χ0) is 25.1. The summed E-state index contributed by atoms with van der Waals surface area (Å²) in [7, 11) is 0. The fraction of sp³-hybridized carbons (Fsp3) is 0.333. The van der Waals surface area contributed by atoms with E-state index in [4.69, 9.17) is 14.2 Å². The number of benzene rings is 2. The van der Waals surface area contributed by atoms with Gasteiger partial charge in [-0.2, -0.15) is 5.10 Å². The van der Waals surface area contributed by atoms with Gasteiger partial charge in [-0.05, 0) is 24.1 Å². The Morgan fingerprint density at radius 3 is 2.53 bits per heavy atom. The molecule has 0 N–H and O–H groups in total. The van der Waals surface area contributed by atoms with Crippen LogP contribution in [0.25, 0.3) is 11.0 Å². The molecule has 4 atom stereocenters. The van der Waals surface area contributed by atoms with Gasteiger partial charge in [0, 0.05) is 5.92 Å². The van der Waals surface area contributed by atoms with Crippen molar-refractivity contribution >= 4 is 17.0 Å². The van der Waals surface area contributed by atoms with Gasteiger partial charge in [0.15, 0.2) is 17.8 Å². The summed E-state index contributed by atoms with van der Waals surface area (Å²) < 4.78 is 20.9. The third kappa shape index (κ3) is 4.67. The molecule has 1 aliphatic rings. The molecule has 0 unspecified atom stereocenters. The summed E-state index contributed by atoms with van der Waals surface area (Å²) >= 11 is 0. The number of hydrogen-bond acceptors (Lipinski definition) is 7. The first-order chi connectivity index (χ1) is 17.6. The third-order valence-electron chi connectivity index (χ3n) is 6.54. The summed E-state index contributed by atoms with van der Waals surface area (Å²) in [5.41, 5.74) is 1.87. The van der Waals surface area contributed by atoms with Crippen LogP contribution in [0.3, 0.4) is 0 Å². The van der Waals surface area contributed by atoms with E-state index in [9.17, 15) is 9.59 Å². The van der Waals surface area contributed by atoms with Crippen molar-refractivity contribution in [2.75, 3.05) is 0 Å². The van der Waals surface area contributed by atoms with Gasteiger partial charge in [0.2, 0.25) is 0 Å². The first-order valence-corrected chi connectivity index (χ1v) is 12.0. The van der Waals surface area contributed by atoms with Crippen LogP contribution >= 0.6 is 0 Å².